The molecule has 0 amide bonds. The van der Waals surface area contributed by atoms with Crippen LogP contribution >= 0.6 is 0 Å². The molecule has 3 aromatic rings. The van der Waals surface area contributed by atoms with Crippen LogP contribution in [0.1, 0.15) is 16.9 Å². The summed E-state index contributed by atoms with van der Waals surface area (Å²) in [6.45, 7) is 1.73. The van der Waals surface area contributed by atoms with Crippen LogP contribution in [0.15, 0.2) is 24.5 Å². The van der Waals surface area contributed by atoms with Gasteiger partial charge in [-0.05, 0) is 18.6 Å². The Kier molecular flexibility index (Phi) is 2.35. The van der Waals surface area contributed by atoms with Crippen LogP contribution in [0.3, 0.4) is 0 Å². The van der Waals surface area contributed by atoms with E-state index in [1.807, 2.05) is 22.8 Å². The monoisotopic (exact) mass is 267 g/mol. The van der Waals surface area contributed by atoms with Gasteiger partial charge in [0.1, 0.15) is 11.4 Å². The van der Waals surface area contributed by atoms with E-state index in [0.29, 0.717) is 5.69 Å². The topological polar surface area (TPSA) is 75.6 Å². The van der Waals surface area contributed by atoms with Gasteiger partial charge in [0.2, 0.25) is 5.95 Å². The van der Waals surface area contributed by atoms with E-state index >= 15 is 0 Å². The molecule has 6 heteroatoms. The number of carbonyl (C=O) groups excluding carboxylic acids is 1. The summed E-state index contributed by atoms with van der Waals surface area (Å²) in [7, 11) is 0. The lowest BCUT2D eigenvalue weighted by molar-refractivity contribution is 0.111. The number of rotatable bonds is 2. The predicted octanol–water partition coefficient (Wildman–Crippen LogP) is 2.05. The summed E-state index contributed by atoms with van der Waals surface area (Å²) in [5.41, 5.74) is 4.13. The number of aromatic amines is 1. The minimum Gasteiger partial charge on any atom is -0.356 e. The smallest absolute Gasteiger partial charge is 0.203 e. The van der Waals surface area contributed by atoms with Crippen LogP contribution in [0.4, 0.5) is 5.95 Å². The molecule has 0 unspecified atom stereocenters. The molecule has 0 saturated carbocycles. The first-order valence-electron chi connectivity index (χ1n) is 6.60. The first-order valence-corrected chi connectivity index (χ1v) is 6.60. The molecule has 1 aliphatic heterocycles. The third-order valence-electron chi connectivity index (χ3n) is 3.65. The third kappa shape index (κ3) is 1.54. The van der Waals surface area contributed by atoms with Gasteiger partial charge in [-0.3, -0.25) is 4.79 Å². The zero-order valence-electron chi connectivity index (χ0n) is 10.8. The van der Waals surface area contributed by atoms with Gasteiger partial charge in [-0.2, -0.15) is 0 Å². The summed E-state index contributed by atoms with van der Waals surface area (Å²) < 4.78 is 1.95. The van der Waals surface area contributed by atoms with E-state index in [1.165, 1.54) is 0 Å². The molecule has 0 bridgehead atoms. The van der Waals surface area contributed by atoms with Crippen LogP contribution in [0.25, 0.3) is 22.3 Å². The van der Waals surface area contributed by atoms with Crippen LogP contribution < -0.4 is 5.32 Å². The molecule has 4 rings (SSSR count). The number of H-pyrrole nitrogens is 1. The van der Waals surface area contributed by atoms with Gasteiger partial charge in [0.15, 0.2) is 6.29 Å². The Bertz CT molecular complexity index is 801. The van der Waals surface area contributed by atoms with Crippen molar-refractivity contribution in [2.75, 3.05) is 11.9 Å². The molecule has 3 heterocycles. The number of anilines is 1. The fourth-order valence-corrected chi connectivity index (χ4v) is 2.68. The summed E-state index contributed by atoms with van der Waals surface area (Å²) in [6.07, 6.45) is 3.55. The van der Waals surface area contributed by atoms with Crippen molar-refractivity contribution in [3.05, 3.63) is 30.2 Å². The molecule has 0 saturated heterocycles. The molecular formula is C14H13N5O. The molecule has 1 aromatic carbocycles. The molecule has 100 valence electrons. The second kappa shape index (κ2) is 4.19. The van der Waals surface area contributed by atoms with Crippen molar-refractivity contribution in [3.8, 4) is 11.3 Å². The van der Waals surface area contributed by atoms with Crippen molar-refractivity contribution in [3.63, 3.8) is 0 Å². The molecule has 2 N–H and O–H groups in total. The van der Waals surface area contributed by atoms with Crippen molar-refractivity contribution in [2.24, 2.45) is 0 Å². The highest BCUT2D eigenvalue weighted by Gasteiger charge is 2.20. The number of aromatic nitrogens is 4. The van der Waals surface area contributed by atoms with Crippen LogP contribution in [0.5, 0.6) is 0 Å². The molecule has 0 aliphatic carbocycles. The number of aldehydes is 1. The number of hydrogen-bond donors (Lipinski definition) is 2. The standard InChI is InChI=1S/C14H13N5O/c20-7-12-13(18-14-15-4-1-5-19(12)14)9-2-3-10-11(6-9)17-8-16-10/h2-3,6-8H,1,4-5H2,(H,15,18)(H,16,17). The maximum atomic E-state index is 11.4. The highest BCUT2D eigenvalue weighted by Crippen LogP contribution is 2.28. The van der Waals surface area contributed by atoms with Gasteiger partial charge in [-0.15, -0.1) is 0 Å². The van der Waals surface area contributed by atoms with Crippen LogP contribution in [0.2, 0.25) is 0 Å². The molecule has 20 heavy (non-hydrogen) atoms. The average molecular weight is 267 g/mol. The Morgan fingerprint density at radius 3 is 3.20 bits per heavy atom. The summed E-state index contributed by atoms with van der Waals surface area (Å²) in [4.78, 5) is 23.3. The van der Waals surface area contributed by atoms with Crippen LogP contribution in [0, 0.1) is 0 Å². The number of nitrogens with zero attached hydrogens (tertiary/aromatic N) is 3. The summed E-state index contributed by atoms with van der Waals surface area (Å²) >= 11 is 0. The quantitative estimate of drug-likeness (QED) is 0.697. The molecule has 0 spiro atoms. The van der Waals surface area contributed by atoms with Crippen molar-refractivity contribution < 1.29 is 4.79 Å². The van der Waals surface area contributed by atoms with E-state index in [2.05, 4.69) is 20.3 Å². The van der Waals surface area contributed by atoms with Crippen LogP contribution in [-0.4, -0.2) is 32.3 Å². The lowest BCUT2D eigenvalue weighted by atomic mass is 10.1. The summed E-state index contributed by atoms with van der Waals surface area (Å²) in [5.74, 6) is 0.776. The van der Waals surface area contributed by atoms with Gasteiger partial charge < -0.3 is 14.9 Å². The minimum absolute atomic E-state index is 0.631. The molecule has 1 aliphatic rings. The number of hydrogen-bond acceptors (Lipinski definition) is 4. The molecule has 0 radical (unpaired) electrons. The van der Waals surface area contributed by atoms with Crippen molar-refractivity contribution in [1.82, 2.24) is 19.5 Å². The molecular weight excluding hydrogens is 254 g/mol. The molecule has 2 aromatic heterocycles. The van der Waals surface area contributed by atoms with Crippen molar-refractivity contribution in [1.29, 1.82) is 0 Å². The zero-order valence-corrected chi connectivity index (χ0v) is 10.8. The van der Waals surface area contributed by atoms with Gasteiger partial charge in [-0.25, -0.2) is 9.97 Å². The first kappa shape index (κ1) is 11.2. The van der Waals surface area contributed by atoms with E-state index in [9.17, 15) is 4.79 Å². The van der Waals surface area contributed by atoms with Gasteiger partial charge in [0.25, 0.3) is 0 Å². The van der Waals surface area contributed by atoms with Crippen molar-refractivity contribution >= 4 is 23.3 Å². The molecule has 0 atom stereocenters. The highest BCUT2D eigenvalue weighted by molar-refractivity contribution is 5.88. The fourth-order valence-electron chi connectivity index (χ4n) is 2.68. The highest BCUT2D eigenvalue weighted by atomic mass is 16.1. The zero-order chi connectivity index (χ0) is 13.5. The number of benzene rings is 1. The second-order valence-electron chi connectivity index (χ2n) is 4.85. The Hall–Kier alpha value is -2.63. The Labute approximate surface area is 114 Å². The minimum atomic E-state index is 0.631. The summed E-state index contributed by atoms with van der Waals surface area (Å²) in [6, 6.07) is 5.86. The number of fused-ring (bicyclic) bond motifs is 2. The van der Waals surface area contributed by atoms with E-state index in [1.54, 1.807) is 6.33 Å². The van der Waals surface area contributed by atoms with E-state index in [-0.39, 0.29) is 0 Å². The Morgan fingerprint density at radius 2 is 2.30 bits per heavy atom. The van der Waals surface area contributed by atoms with Gasteiger partial charge >= 0.3 is 0 Å². The lowest BCUT2D eigenvalue weighted by Gasteiger charge is -2.15. The lowest BCUT2D eigenvalue weighted by Crippen LogP contribution is -2.18. The third-order valence-corrected chi connectivity index (χ3v) is 3.65. The van der Waals surface area contributed by atoms with Crippen molar-refractivity contribution in [2.45, 2.75) is 13.0 Å². The van der Waals surface area contributed by atoms with E-state index in [0.717, 1.165) is 54.0 Å². The fraction of sp³-hybridized carbons (Fsp3) is 0.214. The largest absolute Gasteiger partial charge is 0.356 e. The van der Waals surface area contributed by atoms with E-state index in [4.69, 9.17) is 0 Å². The number of carbonyl (C=O) groups is 1. The Balaban J connectivity index is 1.92. The van der Waals surface area contributed by atoms with E-state index < -0.39 is 0 Å². The second-order valence-corrected chi connectivity index (χ2v) is 4.85. The average Bonchev–Trinajstić information content (AvgIpc) is 3.10. The van der Waals surface area contributed by atoms with Gasteiger partial charge in [-0.1, -0.05) is 6.07 Å². The van der Waals surface area contributed by atoms with Gasteiger partial charge in [0.05, 0.1) is 17.4 Å². The van der Waals surface area contributed by atoms with Gasteiger partial charge in [0, 0.05) is 18.7 Å². The van der Waals surface area contributed by atoms with Crippen LogP contribution in [-0.2, 0) is 6.54 Å². The Morgan fingerprint density at radius 1 is 1.35 bits per heavy atom. The number of imidazole rings is 2. The molecule has 0 fully saturated rings. The maximum Gasteiger partial charge on any atom is 0.203 e. The maximum absolute atomic E-state index is 11.4. The number of nitrogens with one attached hydrogen (secondary N) is 2. The normalized spacial score (nSPS) is 14.0. The molecule has 6 nitrogen and oxygen atoms in total. The first-order chi connectivity index (χ1) is 9.86. The SMILES string of the molecule is O=Cc1c(-c2ccc3nc[nH]c3c2)nc2n1CCCN2. The predicted molar refractivity (Wildman–Crippen MR) is 75.8 cm³/mol. The summed E-state index contributed by atoms with van der Waals surface area (Å²) in [5, 5.41) is 3.23.